The van der Waals surface area contributed by atoms with Crippen LogP contribution in [0.4, 0.5) is 0 Å². The predicted molar refractivity (Wildman–Crippen MR) is 103 cm³/mol. The van der Waals surface area contributed by atoms with Gasteiger partial charge in [-0.3, -0.25) is 4.79 Å². The third-order valence-electron chi connectivity index (χ3n) is 4.44. The second-order valence-corrected chi connectivity index (χ2v) is 8.71. The summed E-state index contributed by atoms with van der Waals surface area (Å²) < 4.78 is 0. The lowest BCUT2D eigenvalue weighted by Gasteiger charge is -2.28. The molecule has 0 aliphatic rings. The smallest absolute Gasteiger partial charge is 0.159 e. The number of hydrogen-bond donors (Lipinski definition) is 2. The molecule has 0 radical (unpaired) electrons. The molecule has 0 bridgehead atoms. The van der Waals surface area contributed by atoms with E-state index in [2.05, 4.69) is 0 Å². The first kappa shape index (κ1) is 19.0. The predicted octanol–water partition coefficient (Wildman–Crippen LogP) is 5.56. The standard InChI is InChI=1S/C22H28O3/c1-13(23)14-8-9-19(24)16(10-14)15-11-17(21(2,3)4)20(25)18(12-15)22(5,6)7/h8-12,24-25H,1-7H3. The molecule has 0 heterocycles. The summed E-state index contributed by atoms with van der Waals surface area (Å²) >= 11 is 0. The molecule has 0 saturated heterocycles. The number of carbonyl (C=O) groups excluding carboxylic acids is 1. The number of rotatable bonds is 2. The summed E-state index contributed by atoms with van der Waals surface area (Å²) in [6.45, 7) is 13.8. The Morgan fingerprint density at radius 1 is 0.840 bits per heavy atom. The Bertz CT molecular complexity index is 783. The van der Waals surface area contributed by atoms with Crippen molar-refractivity contribution in [1.29, 1.82) is 0 Å². The van der Waals surface area contributed by atoms with Crippen LogP contribution in [-0.2, 0) is 10.8 Å². The van der Waals surface area contributed by atoms with Crippen LogP contribution in [0.1, 0.15) is 70.0 Å². The van der Waals surface area contributed by atoms with Crippen molar-refractivity contribution in [3.63, 3.8) is 0 Å². The van der Waals surface area contributed by atoms with Gasteiger partial charge in [0.1, 0.15) is 11.5 Å². The average molecular weight is 340 g/mol. The van der Waals surface area contributed by atoms with E-state index >= 15 is 0 Å². The van der Waals surface area contributed by atoms with Crippen LogP contribution >= 0.6 is 0 Å². The zero-order chi connectivity index (χ0) is 19.2. The molecule has 0 unspecified atom stereocenters. The van der Waals surface area contributed by atoms with Gasteiger partial charge in [0.05, 0.1) is 0 Å². The first-order valence-corrected chi connectivity index (χ1v) is 8.54. The lowest BCUT2D eigenvalue weighted by Crippen LogP contribution is -2.17. The molecule has 134 valence electrons. The highest BCUT2D eigenvalue weighted by atomic mass is 16.3. The maximum atomic E-state index is 11.7. The van der Waals surface area contributed by atoms with Gasteiger partial charge < -0.3 is 10.2 Å². The first-order valence-electron chi connectivity index (χ1n) is 8.54. The van der Waals surface area contributed by atoms with Crippen LogP contribution in [0.25, 0.3) is 11.1 Å². The molecule has 25 heavy (non-hydrogen) atoms. The highest BCUT2D eigenvalue weighted by Gasteiger charge is 2.27. The lowest BCUT2D eigenvalue weighted by molar-refractivity contribution is 0.101. The van der Waals surface area contributed by atoms with Crippen molar-refractivity contribution in [2.75, 3.05) is 0 Å². The van der Waals surface area contributed by atoms with Gasteiger partial charge in [-0.25, -0.2) is 0 Å². The van der Waals surface area contributed by atoms with Crippen LogP contribution < -0.4 is 0 Å². The van der Waals surface area contributed by atoms with Crippen LogP contribution in [0.2, 0.25) is 0 Å². The number of aromatic hydroxyl groups is 2. The minimum Gasteiger partial charge on any atom is -0.507 e. The number of benzene rings is 2. The van der Waals surface area contributed by atoms with E-state index in [9.17, 15) is 15.0 Å². The van der Waals surface area contributed by atoms with Crippen molar-refractivity contribution in [2.24, 2.45) is 0 Å². The zero-order valence-electron chi connectivity index (χ0n) is 16.2. The summed E-state index contributed by atoms with van der Waals surface area (Å²) in [4.78, 5) is 11.7. The normalized spacial score (nSPS) is 12.3. The highest BCUT2D eigenvalue weighted by molar-refractivity contribution is 5.96. The number of hydrogen-bond acceptors (Lipinski definition) is 3. The largest absolute Gasteiger partial charge is 0.507 e. The van der Waals surface area contributed by atoms with E-state index in [4.69, 9.17) is 0 Å². The molecule has 0 aromatic heterocycles. The van der Waals surface area contributed by atoms with E-state index in [0.717, 1.165) is 16.7 Å². The Morgan fingerprint density at radius 2 is 1.32 bits per heavy atom. The molecule has 2 N–H and O–H groups in total. The second kappa shape index (κ2) is 6.21. The van der Waals surface area contributed by atoms with Gasteiger partial charge in [0.25, 0.3) is 0 Å². The minimum absolute atomic E-state index is 0.0490. The SMILES string of the molecule is CC(=O)c1ccc(O)c(-c2cc(C(C)(C)C)c(O)c(C(C)(C)C)c2)c1. The molecule has 0 aliphatic carbocycles. The van der Waals surface area contributed by atoms with E-state index < -0.39 is 0 Å². The van der Waals surface area contributed by atoms with Gasteiger partial charge in [-0.15, -0.1) is 0 Å². The van der Waals surface area contributed by atoms with Crippen LogP contribution in [0.5, 0.6) is 11.5 Å². The fourth-order valence-electron chi connectivity index (χ4n) is 2.92. The van der Waals surface area contributed by atoms with Gasteiger partial charge >= 0.3 is 0 Å². The summed E-state index contributed by atoms with van der Waals surface area (Å²) in [7, 11) is 0. The molecule has 0 atom stereocenters. The fourth-order valence-corrected chi connectivity index (χ4v) is 2.92. The van der Waals surface area contributed by atoms with E-state index in [-0.39, 0.29) is 22.4 Å². The number of carbonyl (C=O) groups is 1. The van der Waals surface area contributed by atoms with Crippen molar-refractivity contribution >= 4 is 5.78 Å². The third kappa shape index (κ3) is 3.87. The van der Waals surface area contributed by atoms with E-state index in [1.54, 1.807) is 18.2 Å². The van der Waals surface area contributed by atoms with Crippen LogP contribution in [-0.4, -0.2) is 16.0 Å². The van der Waals surface area contributed by atoms with Crippen molar-refractivity contribution in [3.8, 4) is 22.6 Å². The minimum atomic E-state index is -0.256. The van der Waals surface area contributed by atoms with Crippen molar-refractivity contribution in [3.05, 3.63) is 47.0 Å². The Kier molecular flexibility index (Phi) is 4.73. The Labute approximate surface area is 150 Å². The van der Waals surface area contributed by atoms with Crippen molar-refractivity contribution < 1.29 is 15.0 Å². The maximum Gasteiger partial charge on any atom is 0.159 e. The van der Waals surface area contributed by atoms with Crippen LogP contribution in [0, 0.1) is 0 Å². The van der Waals surface area contributed by atoms with Crippen LogP contribution in [0.3, 0.4) is 0 Å². The molecule has 0 saturated carbocycles. The van der Waals surface area contributed by atoms with Gasteiger partial charge in [0, 0.05) is 22.3 Å². The molecule has 2 aromatic rings. The quantitative estimate of drug-likeness (QED) is 0.703. The molecule has 0 aliphatic heterocycles. The summed E-state index contributed by atoms with van der Waals surface area (Å²) in [6.07, 6.45) is 0. The number of phenols is 2. The van der Waals surface area contributed by atoms with Gasteiger partial charge in [0.15, 0.2) is 5.78 Å². The van der Waals surface area contributed by atoms with E-state index in [1.165, 1.54) is 6.92 Å². The van der Waals surface area contributed by atoms with Crippen LogP contribution in [0.15, 0.2) is 30.3 Å². The number of ketones is 1. The first-order chi connectivity index (χ1) is 11.3. The molecular formula is C22H28O3. The van der Waals surface area contributed by atoms with Gasteiger partial charge in [-0.05, 0) is 53.6 Å². The Balaban J connectivity index is 2.83. The monoisotopic (exact) mass is 340 g/mol. The molecule has 3 nitrogen and oxygen atoms in total. The van der Waals surface area contributed by atoms with Crippen molar-refractivity contribution in [2.45, 2.75) is 59.3 Å². The molecule has 3 heteroatoms. The zero-order valence-corrected chi connectivity index (χ0v) is 16.2. The van der Waals surface area contributed by atoms with Gasteiger partial charge in [-0.2, -0.15) is 0 Å². The summed E-state index contributed by atoms with van der Waals surface area (Å²) in [5.74, 6) is 0.369. The fraction of sp³-hybridized carbons (Fsp3) is 0.409. The average Bonchev–Trinajstić information content (AvgIpc) is 2.45. The van der Waals surface area contributed by atoms with Gasteiger partial charge in [-0.1, -0.05) is 41.5 Å². The summed E-state index contributed by atoms with van der Waals surface area (Å²) in [5.41, 5.74) is 3.08. The number of Topliss-reactive ketones (excluding diaryl/α,β-unsaturated/α-hetero) is 1. The second-order valence-electron chi connectivity index (χ2n) is 8.71. The maximum absolute atomic E-state index is 11.7. The molecule has 0 fully saturated rings. The third-order valence-corrected chi connectivity index (χ3v) is 4.44. The molecule has 0 amide bonds. The lowest BCUT2D eigenvalue weighted by atomic mass is 9.77. The number of phenolic OH excluding ortho intramolecular Hbond substituents is 2. The molecule has 2 rings (SSSR count). The topological polar surface area (TPSA) is 57.5 Å². The van der Waals surface area contributed by atoms with Gasteiger partial charge in [0.2, 0.25) is 0 Å². The van der Waals surface area contributed by atoms with Crippen molar-refractivity contribution in [1.82, 2.24) is 0 Å². The highest BCUT2D eigenvalue weighted by Crippen LogP contribution is 2.43. The van der Waals surface area contributed by atoms with E-state index in [0.29, 0.717) is 16.9 Å². The summed E-state index contributed by atoms with van der Waals surface area (Å²) in [5, 5.41) is 21.2. The Hall–Kier alpha value is -2.29. The Morgan fingerprint density at radius 3 is 1.72 bits per heavy atom. The molecular weight excluding hydrogens is 312 g/mol. The summed E-state index contributed by atoms with van der Waals surface area (Å²) in [6, 6.07) is 8.69. The van der Waals surface area contributed by atoms with E-state index in [1.807, 2.05) is 53.7 Å². The molecule has 0 spiro atoms. The molecule has 2 aromatic carbocycles.